The summed E-state index contributed by atoms with van der Waals surface area (Å²) in [6, 6.07) is 2.16. The molecule has 0 aromatic carbocycles. The third-order valence-corrected chi connectivity index (χ3v) is 2.34. The van der Waals surface area contributed by atoms with Gasteiger partial charge in [-0.25, -0.2) is 0 Å². The fourth-order valence-corrected chi connectivity index (χ4v) is 1.14. The molecule has 0 aromatic rings. The average Bonchev–Trinajstić information content (AvgIpc) is 2.31. The van der Waals surface area contributed by atoms with E-state index in [-0.39, 0.29) is 17.4 Å². The molecule has 0 aliphatic rings. The second-order valence-electron chi connectivity index (χ2n) is 6.18. The summed E-state index contributed by atoms with van der Waals surface area (Å²) in [5, 5.41) is 17.4. The average molecular weight is 267 g/mol. The van der Waals surface area contributed by atoms with E-state index in [0.717, 1.165) is 0 Å². The molecule has 0 spiro atoms. The van der Waals surface area contributed by atoms with Gasteiger partial charge in [-0.2, -0.15) is 15.5 Å². The second kappa shape index (κ2) is 7.22. The van der Waals surface area contributed by atoms with E-state index in [1.54, 1.807) is 20.8 Å². The van der Waals surface area contributed by atoms with Crippen LogP contribution < -0.4 is 0 Å². The van der Waals surface area contributed by atoms with Gasteiger partial charge in [-0.05, 0) is 40.5 Å². The standard InChI is InChI=1S/C14H25N3O2/c1-11(2)12(18)19-9-7-8-14(6,10-15)17-16-13(3,4)5/h11H,7-9H2,1-6H3. The van der Waals surface area contributed by atoms with Crippen LogP contribution in [0, 0.1) is 17.2 Å². The highest BCUT2D eigenvalue weighted by Gasteiger charge is 2.24. The molecule has 19 heavy (non-hydrogen) atoms. The van der Waals surface area contributed by atoms with Gasteiger partial charge in [0.05, 0.1) is 24.1 Å². The summed E-state index contributed by atoms with van der Waals surface area (Å²) in [7, 11) is 0. The first-order valence-corrected chi connectivity index (χ1v) is 6.61. The van der Waals surface area contributed by atoms with Crippen LogP contribution in [-0.2, 0) is 9.53 Å². The van der Waals surface area contributed by atoms with Crippen LogP contribution in [0.5, 0.6) is 0 Å². The van der Waals surface area contributed by atoms with Gasteiger partial charge in [0.15, 0.2) is 5.54 Å². The number of nitrogens with zero attached hydrogens (tertiary/aromatic N) is 3. The number of ether oxygens (including phenoxy) is 1. The highest BCUT2D eigenvalue weighted by atomic mass is 16.5. The van der Waals surface area contributed by atoms with E-state index >= 15 is 0 Å². The Morgan fingerprint density at radius 2 is 1.84 bits per heavy atom. The molecular formula is C14H25N3O2. The summed E-state index contributed by atoms with van der Waals surface area (Å²) < 4.78 is 5.07. The first-order valence-electron chi connectivity index (χ1n) is 6.61. The van der Waals surface area contributed by atoms with Crippen LogP contribution in [0.2, 0.25) is 0 Å². The lowest BCUT2D eigenvalue weighted by Crippen LogP contribution is -2.22. The molecule has 1 atom stereocenters. The lowest BCUT2D eigenvalue weighted by Gasteiger charge is -2.18. The van der Waals surface area contributed by atoms with Crippen LogP contribution in [0.25, 0.3) is 0 Å². The Morgan fingerprint density at radius 1 is 1.26 bits per heavy atom. The Balaban J connectivity index is 4.24. The summed E-state index contributed by atoms with van der Waals surface area (Å²) in [6.07, 6.45) is 1.13. The number of carbonyl (C=O) groups is 1. The van der Waals surface area contributed by atoms with E-state index in [0.29, 0.717) is 19.4 Å². The Hall–Kier alpha value is -1.44. The number of esters is 1. The van der Waals surface area contributed by atoms with Crippen molar-refractivity contribution in [1.82, 2.24) is 0 Å². The predicted molar refractivity (Wildman–Crippen MR) is 73.7 cm³/mol. The first kappa shape index (κ1) is 17.6. The van der Waals surface area contributed by atoms with Crippen molar-refractivity contribution in [1.29, 1.82) is 5.26 Å². The zero-order valence-electron chi connectivity index (χ0n) is 12.9. The van der Waals surface area contributed by atoms with Gasteiger partial charge in [0, 0.05) is 0 Å². The fourth-order valence-electron chi connectivity index (χ4n) is 1.14. The minimum absolute atomic E-state index is 0.122. The molecule has 0 saturated heterocycles. The quantitative estimate of drug-likeness (QED) is 0.420. The van der Waals surface area contributed by atoms with Crippen LogP contribution in [0.3, 0.4) is 0 Å². The van der Waals surface area contributed by atoms with E-state index in [9.17, 15) is 4.79 Å². The molecule has 5 nitrogen and oxygen atoms in total. The van der Waals surface area contributed by atoms with E-state index in [1.165, 1.54) is 0 Å². The summed E-state index contributed by atoms with van der Waals surface area (Å²) >= 11 is 0. The monoisotopic (exact) mass is 267 g/mol. The first-order chi connectivity index (χ1) is 8.59. The van der Waals surface area contributed by atoms with Crippen molar-refractivity contribution in [2.75, 3.05) is 6.61 Å². The van der Waals surface area contributed by atoms with Crippen molar-refractivity contribution in [3.63, 3.8) is 0 Å². The van der Waals surface area contributed by atoms with Gasteiger partial charge in [-0.1, -0.05) is 13.8 Å². The van der Waals surface area contributed by atoms with Crippen molar-refractivity contribution in [3.05, 3.63) is 0 Å². The number of carbonyl (C=O) groups excluding carboxylic acids is 1. The molecule has 0 aliphatic carbocycles. The molecule has 0 rings (SSSR count). The van der Waals surface area contributed by atoms with Crippen molar-refractivity contribution in [2.24, 2.45) is 16.1 Å². The fraction of sp³-hybridized carbons (Fsp3) is 0.857. The number of hydrogen-bond acceptors (Lipinski definition) is 5. The lowest BCUT2D eigenvalue weighted by molar-refractivity contribution is -0.147. The van der Waals surface area contributed by atoms with Crippen LogP contribution >= 0.6 is 0 Å². The van der Waals surface area contributed by atoms with Crippen molar-refractivity contribution >= 4 is 5.97 Å². The minimum Gasteiger partial charge on any atom is -0.465 e. The Labute approximate surface area is 116 Å². The Kier molecular flexibility index (Phi) is 6.68. The maximum absolute atomic E-state index is 11.3. The zero-order chi connectivity index (χ0) is 15.1. The molecule has 0 bridgehead atoms. The third-order valence-electron chi connectivity index (χ3n) is 2.34. The van der Waals surface area contributed by atoms with Gasteiger partial charge in [0.2, 0.25) is 0 Å². The SMILES string of the molecule is CC(C)C(=O)OCCCC(C)(C#N)N=NC(C)(C)C. The van der Waals surface area contributed by atoms with Crippen LogP contribution in [0.4, 0.5) is 0 Å². The van der Waals surface area contributed by atoms with Crippen molar-refractivity contribution in [2.45, 2.75) is 65.5 Å². The maximum atomic E-state index is 11.3. The molecule has 0 N–H and O–H groups in total. The molecule has 0 fully saturated rings. The van der Waals surface area contributed by atoms with Gasteiger partial charge in [0.25, 0.3) is 0 Å². The number of azo groups is 1. The second-order valence-corrected chi connectivity index (χ2v) is 6.18. The number of nitriles is 1. The largest absolute Gasteiger partial charge is 0.465 e. The summed E-state index contributed by atoms with van der Waals surface area (Å²) in [5.41, 5.74) is -1.14. The van der Waals surface area contributed by atoms with Gasteiger partial charge in [0.1, 0.15) is 0 Å². The molecule has 0 saturated carbocycles. The van der Waals surface area contributed by atoms with Gasteiger partial charge < -0.3 is 4.74 Å². The third kappa shape index (κ3) is 8.30. The molecule has 0 aliphatic heterocycles. The van der Waals surface area contributed by atoms with Gasteiger partial charge in [-0.3, -0.25) is 4.79 Å². The molecule has 1 unspecified atom stereocenters. The minimum atomic E-state index is -0.850. The molecule has 5 heteroatoms. The Morgan fingerprint density at radius 3 is 2.26 bits per heavy atom. The number of rotatable bonds is 6. The van der Waals surface area contributed by atoms with Crippen molar-refractivity contribution < 1.29 is 9.53 Å². The molecule has 0 amide bonds. The summed E-state index contributed by atoms with van der Waals surface area (Å²) in [5.74, 6) is -0.335. The van der Waals surface area contributed by atoms with Crippen molar-refractivity contribution in [3.8, 4) is 6.07 Å². The van der Waals surface area contributed by atoms with E-state index in [2.05, 4.69) is 16.3 Å². The van der Waals surface area contributed by atoms with E-state index in [1.807, 2.05) is 20.8 Å². The zero-order valence-corrected chi connectivity index (χ0v) is 12.9. The van der Waals surface area contributed by atoms with Crippen LogP contribution in [0.15, 0.2) is 10.2 Å². The summed E-state index contributed by atoms with van der Waals surface area (Å²) in [6.45, 7) is 11.4. The van der Waals surface area contributed by atoms with Gasteiger partial charge in [-0.15, -0.1) is 0 Å². The van der Waals surface area contributed by atoms with Gasteiger partial charge >= 0.3 is 5.97 Å². The molecule has 0 radical (unpaired) electrons. The highest BCUT2D eigenvalue weighted by Crippen LogP contribution is 2.20. The van der Waals surface area contributed by atoms with E-state index in [4.69, 9.17) is 10.00 Å². The molecule has 0 aromatic heterocycles. The topological polar surface area (TPSA) is 74.8 Å². The Bertz CT molecular complexity index is 364. The molecule has 108 valence electrons. The highest BCUT2D eigenvalue weighted by molar-refractivity contribution is 5.71. The van der Waals surface area contributed by atoms with Crippen LogP contribution in [-0.4, -0.2) is 23.7 Å². The van der Waals surface area contributed by atoms with E-state index < -0.39 is 5.54 Å². The predicted octanol–water partition coefficient (Wildman–Crippen LogP) is 3.50. The normalized spacial score (nSPS) is 15.3. The van der Waals surface area contributed by atoms with Crippen LogP contribution in [0.1, 0.15) is 54.4 Å². The number of hydrogen-bond donors (Lipinski definition) is 0. The summed E-state index contributed by atoms with van der Waals surface area (Å²) in [4.78, 5) is 11.3. The molecular weight excluding hydrogens is 242 g/mol. The smallest absolute Gasteiger partial charge is 0.308 e. The maximum Gasteiger partial charge on any atom is 0.308 e. The molecule has 0 heterocycles. The lowest BCUT2D eigenvalue weighted by atomic mass is 9.99.